The number of aliphatic imine (C=N–C) groups is 2. The average Bonchev–Trinajstić information content (AvgIpc) is 3.84. The van der Waals surface area contributed by atoms with E-state index in [0.717, 1.165) is 72.0 Å². The van der Waals surface area contributed by atoms with Crippen molar-refractivity contribution in [3.63, 3.8) is 0 Å². The molecule has 6 rings (SSSR count). The number of guanidine groups is 2. The van der Waals surface area contributed by atoms with Crippen LogP contribution in [0, 0.1) is 0 Å². The van der Waals surface area contributed by atoms with Crippen LogP contribution >= 0.6 is 0 Å². The molecule has 328 valence electrons. The van der Waals surface area contributed by atoms with Gasteiger partial charge in [0.05, 0.1) is 19.5 Å². The summed E-state index contributed by atoms with van der Waals surface area (Å²) in [5.74, 6) is 1.31. The van der Waals surface area contributed by atoms with Crippen LogP contribution in [0.4, 0.5) is 5.69 Å². The number of H-pyrrole nitrogens is 2. The monoisotopic (exact) mass is 886 g/mol. The summed E-state index contributed by atoms with van der Waals surface area (Å²) in [4.78, 5) is 13.9. The van der Waals surface area contributed by atoms with Gasteiger partial charge in [0.1, 0.15) is 27.9 Å². The first-order valence-electron chi connectivity index (χ1n) is 19.9. The van der Waals surface area contributed by atoms with Gasteiger partial charge in [0.15, 0.2) is 0 Å². The van der Waals surface area contributed by atoms with Crippen molar-refractivity contribution in [3.8, 4) is 11.5 Å². The second-order valence-electron chi connectivity index (χ2n) is 14.2. The molecule has 0 unspecified atom stereocenters. The molecule has 0 amide bonds. The predicted molar refractivity (Wildman–Crippen MR) is 244 cm³/mol. The molecule has 0 radical (unpaired) electrons. The molecule has 62 heavy (non-hydrogen) atoms. The summed E-state index contributed by atoms with van der Waals surface area (Å²) in [7, 11) is -8.39. The normalized spacial score (nSPS) is 12.9. The zero-order valence-electron chi connectivity index (χ0n) is 34.5. The van der Waals surface area contributed by atoms with Crippen LogP contribution in [0.2, 0.25) is 0 Å². The lowest BCUT2D eigenvalue weighted by atomic mass is 10.1. The largest absolute Gasteiger partial charge is 0.497 e. The Balaban J connectivity index is 1.29. The Labute approximate surface area is 359 Å². The van der Waals surface area contributed by atoms with E-state index in [-0.39, 0.29) is 40.5 Å². The highest BCUT2D eigenvalue weighted by Gasteiger charge is 2.25. The van der Waals surface area contributed by atoms with Gasteiger partial charge in [0, 0.05) is 80.4 Å². The van der Waals surface area contributed by atoms with E-state index < -0.39 is 30.0 Å². The first-order chi connectivity index (χ1) is 29.8. The summed E-state index contributed by atoms with van der Waals surface area (Å²) < 4.78 is 84.3. The zero-order valence-corrected chi connectivity index (χ0v) is 36.1. The van der Waals surface area contributed by atoms with E-state index in [0.29, 0.717) is 30.2 Å². The van der Waals surface area contributed by atoms with Crippen LogP contribution < -0.4 is 31.4 Å². The van der Waals surface area contributed by atoms with Crippen LogP contribution in [-0.4, -0.2) is 80.5 Å². The van der Waals surface area contributed by atoms with E-state index in [1.54, 1.807) is 50.1 Å². The molecule has 2 aromatic heterocycles. The minimum Gasteiger partial charge on any atom is -0.497 e. The number of benzene rings is 4. The molecule has 18 nitrogen and oxygen atoms in total. The Morgan fingerprint density at radius 1 is 0.726 bits per heavy atom. The van der Waals surface area contributed by atoms with Crippen LogP contribution in [0.15, 0.2) is 103 Å². The highest BCUT2D eigenvalue weighted by Crippen LogP contribution is 2.35. The van der Waals surface area contributed by atoms with Crippen molar-refractivity contribution in [1.82, 2.24) is 20.8 Å². The molecule has 2 heterocycles. The third-order valence-corrected chi connectivity index (χ3v) is 11.7. The smallest absolute Gasteiger partial charge is 0.295 e. The van der Waals surface area contributed by atoms with Gasteiger partial charge in [-0.2, -0.15) is 27.0 Å². The molecular formula is C42H50N10O8S2. The maximum absolute atomic E-state index is 13.1. The van der Waals surface area contributed by atoms with Crippen LogP contribution in [0.1, 0.15) is 69.1 Å². The summed E-state index contributed by atoms with van der Waals surface area (Å²) in [6.45, 7) is 4.78. The fourth-order valence-electron chi connectivity index (χ4n) is 6.68. The van der Waals surface area contributed by atoms with E-state index in [2.05, 4.69) is 60.2 Å². The summed E-state index contributed by atoms with van der Waals surface area (Å²) in [6, 6.07) is 15.9. The number of hydrazone groups is 2. The summed E-state index contributed by atoms with van der Waals surface area (Å²) in [5.41, 5.74) is 14.6. The molecule has 0 bridgehead atoms. The number of nitrogens with two attached hydrogens (primary N) is 1. The summed E-state index contributed by atoms with van der Waals surface area (Å²) in [5, 5.41) is 12.8. The van der Waals surface area contributed by atoms with Crippen molar-refractivity contribution in [3.05, 3.63) is 89.7 Å². The minimum atomic E-state index is -5.03. The summed E-state index contributed by atoms with van der Waals surface area (Å²) >= 11 is 0. The second kappa shape index (κ2) is 20.4. The van der Waals surface area contributed by atoms with Crippen LogP contribution in [-0.2, 0) is 26.8 Å². The van der Waals surface area contributed by atoms with Crippen molar-refractivity contribution in [2.45, 2.75) is 68.8 Å². The Morgan fingerprint density at radius 3 is 1.95 bits per heavy atom. The van der Waals surface area contributed by atoms with Gasteiger partial charge < -0.3 is 30.5 Å². The Morgan fingerprint density at radius 2 is 1.34 bits per heavy atom. The van der Waals surface area contributed by atoms with Gasteiger partial charge in [-0.1, -0.05) is 51.7 Å². The first-order valence-corrected chi connectivity index (χ1v) is 22.8. The first kappa shape index (κ1) is 45.1. The fourth-order valence-corrected chi connectivity index (χ4v) is 8.31. The molecule has 0 aliphatic heterocycles. The SMILES string of the molecule is CCCCCN=C(N)N/N=C/c1c[nH]c2ccc(OCc3ccc4c(S(=O)(=O)O)cc(NC(=NCCCCC)N/N=C/c5c[nH]c6ccc(OC)cc56)cc4c3S(=O)(=O)O)cc12. The van der Waals surface area contributed by atoms with Crippen molar-refractivity contribution in [2.24, 2.45) is 25.9 Å². The quantitative estimate of drug-likeness (QED) is 0.0136. The number of anilines is 1. The number of rotatable bonds is 19. The molecule has 0 aliphatic rings. The van der Waals surface area contributed by atoms with E-state index in [1.165, 1.54) is 18.2 Å². The van der Waals surface area contributed by atoms with E-state index >= 15 is 0 Å². The van der Waals surface area contributed by atoms with E-state index in [1.807, 2.05) is 18.2 Å². The molecule has 0 fully saturated rings. The Hall–Kier alpha value is -6.48. The maximum atomic E-state index is 13.1. The standard InChI is InChI=1S/C42H50N10O8S2/c1-4-6-8-16-44-41(43)51-48-24-28-22-47-38-15-12-32(21-35(28)38)60-26-27-10-13-33-36(40(27)62(56,57)58)18-30(19-39(33)61(53,54)55)50-42(45-17-9-7-5-2)52-49-25-29-23-46-37-14-11-31(59-3)20-34(29)37/h10-15,18-25,46-47H,4-9,16-17,26H2,1-3H3,(H3,43,44,51)(H2,45,50,52)(H,53,54,55)(H,56,57,58)/b48-24+,49-25+. The third kappa shape index (κ3) is 11.5. The lowest BCUT2D eigenvalue weighted by Crippen LogP contribution is -2.27. The molecule has 0 saturated carbocycles. The predicted octanol–water partition coefficient (Wildman–Crippen LogP) is 6.89. The summed E-state index contributed by atoms with van der Waals surface area (Å²) in [6.07, 6.45) is 12.3. The van der Waals surface area contributed by atoms with Gasteiger partial charge in [-0.3, -0.25) is 19.1 Å². The van der Waals surface area contributed by atoms with Crippen LogP contribution in [0.3, 0.4) is 0 Å². The number of hydrogen-bond acceptors (Lipinski definition) is 10. The number of aromatic amines is 2. The molecule has 20 heteroatoms. The van der Waals surface area contributed by atoms with E-state index in [4.69, 9.17) is 15.2 Å². The lowest BCUT2D eigenvalue weighted by Gasteiger charge is -2.16. The molecule has 0 atom stereocenters. The van der Waals surface area contributed by atoms with Crippen LogP contribution in [0.5, 0.6) is 11.5 Å². The number of unbranched alkanes of at least 4 members (excludes halogenated alkanes) is 4. The van der Waals surface area contributed by atoms with Crippen LogP contribution in [0.25, 0.3) is 32.6 Å². The number of nitrogens with one attached hydrogen (secondary N) is 5. The Kier molecular flexibility index (Phi) is 14.8. The van der Waals surface area contributed by atoms with Gasteiger partial charge >= 0.3 is 0 Å². The number of nitrogens with zero attached hydrogens (tertiary/aromatic N) is 4. The van der Waals surface area contributed by atoms with Crippen molar-refractivity contribution < 1.29 is 35.4 Å². The van der Waals surface area contributed by atoms with Gasteiger partial charge in [0.25, 0.3) is 20.2 Å². The number of hydrogen-bond donors (Lipinski definition) is 8. The molecular weight excluding hydrogens is 837 g/mol. The van der Waals surface area contributed by atoms with E-state index in [9.17, 15) is 25.9 Å². The van der Waals surface area contributed by atoms with Gasteiger partial charge in [-0.25, -0.2) is 10.9 Å². The van der Waals surface area contributed by atoms with Gasteiger partial charge in [0.2, 0.25) is 11.9 Å². The molecule has 4 aromatic carbocycles. The number of methoxy groups -OCH3 is 1. The average molecular weight is 887 g/mol. The minimum absolute atomic E-state index is 0.0128. The Bertz CT molecular complexity index is 2890. The van der Waals surface area contributed by atoms with Crippen molar-refractivity contribution in [2.75, 3.05) is 25.5 Å². The van der Waals surface area contributed by atoms with Gasteiger partial charge in [-0.05, 0) is 61.4 Å². The van der Waals surface area contributed by atoms with Crippen molar-refractivity contribution in [1.29, 1.82) is 0 Å². The highest BCUT2D eigenvalue weighted by atomic mass is 32.2. The van der Waals surface area contributed by atoms with Crippen molar-refractivity contribution >= 4 is 82.9 Å². The molecule has 9 N–H and O–H groups in total. The maximum Gasteiger partial charge on any atom is 0.295 e. The molecule has 0 aliphatic carbocycles. The zero-order chi connectivity index (χ0) is 44.3. The number of aromatic nitrogens is 2. The second-order valence-corrected chi connectivity index (χ2v) is 17.0. The van der Waals surface area contributed by atoms with Gasteiger partial charge in [-0.15, -0.1) is 0 Å². The molecule has 0 spiro atoms. The fraction of sp³-hybridized carbons (Fsp3) is 0.286. The topological polar surface area (TPSA) is 270 Å². The lowest BCUT2D eigenvalue weighted by molar-refractivity contribution is 0.303. The molecule has 0 saturated heterocycles. The number of fused-ring (bicyclic) bond motifs is 3. The number of ether oxygens (including phenoxy) is 2. The third-order valence-electron chi connectivity index (χ3n) is 9.76. The molecule has 6 aromatic rings. The highest BCUT2D eigenvalue weighted by molar-refractivity contribution is 7.86.